The maximum atomic E-state index is 13.1. The number of phenolic OH excluding ortho intramolecular Hbond substituents is 1. The van der Waals surface area contributed by atoms with Gasteiger partial charge in [0.05, 0.1) is 5.56 Å². The molecule has 0 aliphatic rings. The van der Waals surface area contributed by atoms with E-state index in [9.17, 15) is 18.7 Å². The molecule has 1 N–H and O–H groups in total. The molecule has 0 aliphatic heterocycles. The van der Waals surface area contributed by atoms with Crippen molar-refractivity contribution in [3.8, 4) is 5.75 Å². The smallest absolute Gasteiger partial charge is 0.261 e. The van der Waals surface area contributed by atoms with Crippen LogP contribution in [0.25, 0.3) is 0 Å². The number of aromatic hydroxyl groups is 1. The number of anilines is 1. The van der Waals surface area contributed by atoms with E-state index in [2.05, 4.69) is 0 Å². The number of phenols is 1. The largest absolute Gasteiger partial charge is 0.507 e. The third-order valence-electron chi connectivity index (χ3n) is 2.69. The lowest BCUT2D eigenvalue weighted by Crippen LogP contribution is -2.26. The topological polar surface area (TPSA) is 40.5 Å². The Balaban J connectivity index is 2.36. The Morgan fingerprint density at radius 1 is 1.11 bits per heavy atom. The van der Waals surface area contributed by atoms with Crippen molar-refractivity contribution in [2.75, 3.05) is 11.9 Å². The molecule has 0 atom stereocenters. The fraction of sp³-hybridized carbons (Fsp3) is 0.0714. The monoisotopic (exact) mass is 263 g/mol. The van der Waals surface area contributed by atoms with Crippen molar-refractivity contribution in [1.82, 2.24) is 0 Å². The van der Waals surface area contributed by atoms with Gasteiger partial charge in [-0.25, -0.2) is 8.78 Å². The van der Waals surface area contributed by atoms with Crippen molar-refractivity contribution in [2.24, 2.45) is 0 Å². The van der Waals surface area contributed by atoms with Crippen molar-refractivity contribution in [1.29, 1.82) is 0 Å². The van der Waals surface area contributed by atoms with Crippen LogP contribution in [-0.2, 0) is 0 Å². The molecule has 0 heterocycles. The number of halogens is 2. The molecule has 0 saturated heterocycles. The molecule has 0 spiro atoms. The van der Waals surface area contributed by atoms with Gasteiger partial charge in [0.2, 0.25) is 0 Å². The van der Waals surface area contributed by atoms with Crippen LogP contribution in [0.1, 0.15) is 10.4 Å². The average molecular weight is 263 g/mol. The van der Waals surface area contributed by atoms with E-state index in [-0.39, 0.29) is 11.3 Å². The van der Waals surface area contributed by atoms with E-state index in [4.69, 9.17) is 0 Å². The number of amides is 1. The van der Waals surface area contributed by atoms with Crippen LogP contribution < -0.4 is 4.90 Å². The minimum absolute atomic E-state index is 0.174. The van der Waals surface area contributed by atoms with Crippen LogP contribution in [-0.4, -0.2) is 18.1 Å². The summed E-state index contributed by atoms with van der Waals surface area (Å²) in [6.07, 6.45) is 0. The molecule has 2 rings (SSSR count). The second kappa shape index (κ2) is 5.06. The summed E-state index contributed by atoms with van der Waals surface area (Å²) in [5, 5.41) is 9.57. The van der Waals surface area contributed by atoms with E-state index in [0.29, 0.717) is 5.69 Å². The number of nitrogens with zero attached hydrogens (tertiary/aromatic N) is 1. The molecule has 0 radical (unpaired) electrons. The standard InChI is InChI=1S/C14H11F2NO2/c1-17(11-4-2-3-9(15)7-11)14(19)12-8-10(16)5-6-13(12)18/h2-8,18H,1H3. The molecule has 2 aromatic rings. The number of carbonyl (C=O) groups is 1. The second-order valence-electron chi connectivity index (χ2n) is 4.01. The summed E-state index contributed by atoms with van der Waals surface area (Å²) >= 11 is 0. The molecule has 1 amide bonds. The third-order valence-corrected chi connectivity index (χ3v) is 2.69. The molecule has 2 aromatic carbocycles. The highest BCUT2D eigenvalue weighted by Crippen LogP contribution is 2.22. The van der Waals surface area contributed by atoms with Crippen molar-refractivity contribution in [2.45, 2.75) is 0 Å². The van der Waals surface area contributed by atoms with Crippen molar-refractivity contribution in [3.05, 3.63) is 59.7 Å². The van der Waals surface area contributed by atoms with Gasteiger partial charge in [0.25, 0.3) is 5.91 Å². The molecule has 0 aliphatic carbocycles. The molecule has 3 nitrogen and oxygen atoms in total. The maximum Gasteiger partial charge on any atom is 0.261 e. The highest BCUT2D eigenvalue weighted by atomic mass is 19.1. The molecular weight excluding hydrogens is 252 g/mol. The van der Waals surface area contributed by atoms with E-state index in [1.807, 2.05) is 0 Å². The van der Waals surface area contributed by atoms with E-state index in [1.54, 1.807) is 0 Å². The number of rotatable bonds is 2. The molecule has 0 saturated carbocycles. The van der Waals surface area contributed by atoms with Crippen LogP contribution >= 0.6 is 0 Å². The molecule has 5 heteroatoms. The summed E-state index contributed by atoms with van der Waals surface area (Å²) in [4.78, 5) is 13.2. The quantitative estimate of drug-likeness (QED) is 0.905. The minimum Gasteiger partial charge on any atom is -0.507 e. The Kier molecular flexibility index (Phi) is 3.46. The van der Waals surface area contributed by atoms with Crippen LogP contribution in [0.2, 0.25) is 0 Å². The van der Waals surface area contributed by atoms with Gasteiger partial charge in [0.1, 0.15) is 17.4 Å². The Labute approximate surface area is 108 Å². The lowest BCUT2D eigenvalue weighted by atomic mass is 10.1. The van der Waals surface area contributed by atoms with Gasteiger partial charge in [0.15, 0.2) is 0 Å². The van der Waals surface area contributed by atoms with E-state index >= 15 is 0 Å². The Hall–Kier alpha value is -2.43. The average Bonchev–Trinajstić information content (AvgIpc) is 2.40. The van der Waals surface area contributed by atoms with Gasteiger partial charge in [-0.05, 0) is 36.4 Å². The summed E-state index contributed by atoms with van der Waals surface area (Å²) in [6.45, 7) is 0. The molecular formula is C14H11F2NO2. The first-order valence-corrected chi connectivity index (χ1v) is 5.51. The normalized spacial score (nSPS) is 10.3. The van der Waals surface area contributed by atoms with E-state index in [0.717, 1.165) is 23.1 Å². The van der Waals surface area contributed by atoms with Gasteiger partial charge >= 0.3 is 0 Å². The summed E-state index contributed by atoms with van der Waals surface area (Å²) in [6, 6.07) is 8.51. The fourth-order valence-electron chi connectivity index (χ4n) is 1.66. The van der Waals surface area contributed by atoms with Gasteiger partial charge < -0.3 is 10.0 Å². The first-order chi connectivity index (χ1) is 8.99. The summed E-state index contributed by atoms with van der Waals surface area (Å²) in [7, 11) is 1.42. The second-order valence-corrected chi connectivity index (χ2v) is 4.01. The molecule has 19 heavy (non-hydrogen) atoms. The molecule has 0 fully saturated rings. The van der Waals surface area contributed by atoms with E-state index < -0.39 is 17.5 Å². The Morgan fingerprint density at radius 3 is 2.47 bits per heavy atom. The Bertz CT molecular complexity index is 629. The van der Waals surface area contributed by atoms with Crippen molar-refractivity contribution in [3.63, 3.8) is 0 Å². The number of benzene rings is 2. The van der Waals surface area contributed by atoms with Crippen molar-refractivity contribution >= 4 is 11.6 Å². The molecule has 0 bridgehead atoms. The van der Waals surface area contributed by atoms with Crippen LogP contribution in [0.5, 0.6) is 5.75 Å². The molecule has 0 unspecified atom stereocenters. The summed E-state index contributed by atoms with van der Waals surface area (Å²) in [5.74, 6) is -2.06. The number of carbonyl (C=O) groups excluding carboxylic acids is 1. The first-order valence-electron chi connectivity index (χ1n) is 5.51. The van der Waals surface area contributed by atoms with E-state index in [1.165, 1.54) is 31.3 Å². The number of hydrogen-bond donors (Lipinski definition) is 1. The molecule has 0 aromatic heterocycles. The van der Waals surface area contributed by atoms with Gasteiger partial charge in [-0.15, -0.1) is 0 Å². The zero-order valence-corrected chi connectivity index (χ0v) is 10.1. The molecule has 98 valence electrons. The SMILES string of the molecule is CN(C(=O)c1cc(F)ccc1O)c1cccc(F)c1. The zero-order chi connectivity index (χ0) is 14.0. The first kappa shape index (κ1) is 13.0. The highest BCUT2D eigenvalue weighted by molar-refractivity contribution is 6.07. The zero-order valence-electron chi connectivity index (χ0n) is 10.1. The number of hydrogen-bond acceptors (Lipinski definition) is 2. The van der Waals surface area contributed by atoms with Crippen LogP contribution in [0, 0.1) is 11.6 Å². The maximum absolute atomic E-state index is 13.1. The Morgan fingerprint density at radius 2 is 1.79 bits per heavy atom. The van der Waals surface area contributed by atoms with Gasteiger partial charge in [-0.2, -0.15) is 0 Å². The summed E-state index contributed by atoms with van der Waals surface area (Å²) in [5.41, 5.74) is 0.139. The van der Waals surface area contributed by atoms with Gasteiger partial charge in [-0.3, -0.25) is 4.79 Å². The minimum atomic E-state index is -0.631. The summed E-state index contributed by atoms with van der Waals surface area (Å²) < 4.78 is 26.2. The predicted molar refractivity (Wildman–Crippen MR) is 67.2 cm³/mol. The predicted octanol–water partition coefficient (Wildman–Crippen LogP) is 2.95. The van der Waals surface area contributed by atoms with Crippen LogP contribution in [0.3, 0.4) is 0 Å². The van der Waals surface area contributed by atoms with Gasteiger partial charge in [0, 0.05) is 12.7 Å². The van der Waals surface area contributed by atoms with Crippen LogP contribution in [0.15, 0.2) is 42.5 Å². The van der Waals surface area contributed by atoms with Crippen molar-refractivity contribution < 1.29 is 18.7 Å². The third kappa shape index (κ3) is 2.70. The highest BCUT2D eigenvalue weighted by Gasteiger charge is 2.18. The van der Waals surface area contributed by atoms with Gasteiger partial charge in [-0.1, -0.05) is 6.07 Å². The lowest BCUT2D eigenvalue weighted by molar-refractivity contribution is 0.0990. The fourth-order valence-corrected chi connectivity index (χ4v) is 1.66. The lowest BCUT2D eigenvalue weighted by Gasteiger charge is -2.18. The van der Waals surface area contributed by atoms with Crippen LogP contribution in [0.4, 0.5) is 14.5 Å².